The minimum Gasteiger partial charge on any atom is -0.316 e. The highest BCUT2D eigenvalue weighted by atomic mass is 32.2. The van der Waals surface area contributed by atoms with Gasteiger partial charge in [-0.05, 0) is 50.5 Å². The molecule has 1 aromatic carbocycles. The molecule has 1 fully saturated rings. The Morgan fingerprint density at radius 3 is 2.48 bits per heavy atom. The molecule has 0 amide bonds. The molecule has 0 N–H and O–H groups in total. The molecule has 1 aliphatic carbocycles. The predicted octanol–water partition coefficient (Wildman–Crippen LogP) is 2.99. The SMILES string of the molecule is Cc1nc(S(=O)(=O)Cc2ccc(-n3cccn3)cc2)n(C2CC2)c1C. The highest BCUT2D eigenvalue weighted by Gasteiger charge is 2.33. The summed E-state index contributed by atoms with van der Waals surface area (Å²) in [7, 11) is -3.49. The molecular formula is C18H20N4O2S. The first-order valence-corrected chi connectivity index (χ1v) is 9.98. The van der Waals surface area contributed by atoms with Gasteiger partial charge in [-0.2, -0.15) is 5.10 Å². The van der Waals surface area contributed by atoms with E-state index in [0.717, 1.165) is 35.5 Å². The largest absolute Gasteiger partial charge is 0.316 e. The molecule has 0 atom stereocenters. The monoisotopic (exact) mass is 356 g/mol. The molecule has 4 rings (SSSR count). The molecule has 0 spiro atoms. The van der Waals surface area contributed by atoms with E-state index in [4.69, 9.17) is 0 Å². The van der Waals surface area contributed by atoms with Crippen molar-refractivity contribution in [3.63, 3.8) is 0 Å². The summed E-state index contributed by atoms with van der Waals surface area (Å²) in [5, 5.41) is 4.38. The van der Waals surface area contributed by atoms with Gasteiger partial charge in [-0.1, -0.05) is 12.1 Å². The highest BCUT2D eigenvalue weighted by molar-refractivity contribution is 7.90. The van der Waals surface area contributed by atoms with Crippen molar-refractivity contribution in [3.8, 4) is 5.69 Å². The van der Waals surface area contributed by atoms with E-state index in [1.807, 2.05) is 54.9 Å². The number of hydrogen-bond acceptors (Lipinski definition) is 4. The van der Waals surface area contributed by atoms with E-state index in [0.29, 0.717) is 0 Å². The van der Waals surface area contributed by atoms with Gasteiger partial charge in [0.05, 0.1) is 17.1 Å². The summed E-state index contributed by atoms with van der Waals surface area (Å²) in [6, 6.07) is 9.55. The number of imidazole rings is 1. The Bertz CT molecular complexity index is 998. The molecule has 7 heteroatoms. The maximum atomic E-state index is 12.9. The average molecular weight is 356 g/mol. The number of sulfone groups is 1. The van der Waals surface area contributed by atoms with Crippen LogP contribution in [-0.4, -0.2) is 27.7 Å². The summed E-state index contributed by atoms with van der Waals surface area (Å²) in [6.07, 6.45) is 5.61. The van der Waals surface area contributed by atoms with Gasteiger partial charge in [0.25, 0.3) is 0 Å². The van der Waals surface area contributed by atoms with E-state index >= 15 is 0 Å². The van der Waals surface area contributed by atoms with Crippen LogP contribution in [0.4, 0.5) is 0 Å². The predicted molar refractivity (Wildman–Crippen MR) is 94.4 cm³/mol. The quantitative estimate of drug-likeness (QED) is 0.705. The first kappa shape index (κ1) is 16.1. The summed E-state index contributed by atoms with van der Waals surface area (Å²) >= 11 is 0. The minimum absolute atomic E-state index is 0.0466. The van der Waals surface area contributed by atoms with Crippen LogP contribution in [0, 0.1) is 13.8 Å². The molecule has 3 aromatic rings. The summed E-state index contributed by atoms with van der Waals surface area (Å²) in [4.78, 5) is 4.36. The first-order valence-electron chi connectivity index (χ1n) is 8.33. The highest BCUT2D eigenvalue weighted by Crippen LogP contribution is 2.39. The Morgan fingerprint density at radius 1 is 1.16 bits per heavy atom. The normalized spacial score (nSPS) is 14.8. The molecule has 0 saturated heterocycles. The molecule has 2 heterocycles. The first-order chi connectivity index (χ1) is 12.0. The van der Waals surface area contributed by atoms with Crippen LogP contribution in [-0.2, 0) is 15.6 Å². The standard InChI is InChI=1S/C18H20N4O2S/c1-13-14(2)22(17-8-9-17)18(20-13)25(23,24)12-15-4-6-16(7-5-15)21-11-3-10-19-21/h3-7,10-11,17H,8-9,12H2,1-2H3. The van der Waals surface area contributed by atoms with E-state index in [2.05, 4.69) is 10.1 Å². The van der Waals surface area contributed by atoms with Crippen molar-refractivity contribution >= 4 is 9.84 Å². The fourth-order valence-corrected chi connectivity index (χ4v) is 4.65. The van der Waals surface area contributed by atoms with Gasteiger partial charge >= 0.3 is 0 Å². The van der Waals surface area contributed by atoms with Crippen LogP contribution in [0.5, 0.6) is 0 Å². The number of aryl methyl sites for hydroxylation is 1. The topological polar surface area (TPSA) is 69.8 Å². The third-order valence-electron chi connectivity index (χ3n) is 4.61. The molecule has 0 aliphatic heterocycles. The third kappa shape index (κ3) is 3.00. The van der Waals surface area contributed by atoms with Gasteiger partial charge in [0.1, 0.15) is 0 Å². The summed E-state index contributed by atoms with van der Waals surface area (Å²) < 4.78 is 29.5. The lowest BCUT2D eigenvalue weighted by atomic mass is 10.2. The van der Waals surface area contributed by atoms with Crippen LogP contribution in [0.1, 0.15) is 35.8 Å². The molecule has 2 aromatic heterocycles. The van der Waals surface area contributed by atoms with Crippen molar-refractivity contribution in [3.05, 3.63) is 59.7 Å². The van der Waals surface area contributed by atoms with Gasteiger partial charge < -0.3 is 4.57 Å². The maximum Gasteiger partial charge on any atom is 0.228 e. The Morgan fingerprint density at radius 2 is 1.88 bits per heavy atom. The fraction of sp³-hybridized carbons (Fsp3) is 0.333. The van der Waals surface area contributed by atoms with Crippen LogP contribution in [0.2, 0.25) is 0 Å². The second kappa shape index (κ2) is 5.84. The lowest BCUT2D eigenvalue weighted by molar-refractivity contribution is 0.560. The lowest BCUT2D eigenvalue weighted by Crippen LogP contribution is -2.13. The molecule has 130 valence electrons. The zero-order valence-corrected chi connectivity index (χ0v) is 15.1. The van der Waals surface area contributed by atoms with Gasteiger partial charge in [0.2, 0.25) is 15.0 Å². The molecule has 0 unspecified atom stereocenters. The van der Waals surface area contributed by atoms with E-state index in [9.17, 15) is 8.42 Å². The van der Waals surface area contributed by atoms with Crippen molar-refractivity contribution < 1.29 is 8.42 Å². The van der Waals surface area contributed by atoms with E-state index < -0.39 is 9.84 Å². The van der Waals surface area contributed by atoms with Gasteiger partial charge in [0.15, 0.2) is 0 Å². The molecule has 6 nitrogen and oxygen atoms in total. The van der Waals surface area contributed by atoms with Gasteiger partial charge in [-0.3, -0.25) is 0 Å². The average Bonchev–Trinajstić information content (AvgIpc) is 3.16. The molecular weight excluding hydrogens is 336 g/mol. The van der Waals surface area contributed by atoms with E-state index in [1.165, 1.54) is 0 Å². The van der Waals surface area contributed by atoms with Crippen molar-refractivity contribution in [2.45, 2.75) is 43.6 Å². The molecule has 0 radical (unpaired) electrons. The lowest BCUT2D eigenvalue weighted by Gasteiger charge is -2.10. The van der Waals surface area contributed by atoms with Crippen molar-refractivity contribution in [2.75, 3.05) is 0 Å². The van der Waals surface area contributed by atoms with Crippen LogP contribution in [0.15, 0.2) is 47.9 Å². The van der Waals surface area contributed by atoms with Gasteiger partial charge in [-0.25, -0.2) is 18.1 Å². The summed E-state index contributed by atoms with van der Waals surface area (Å²) in [5.41, 5.74) is 3.39. The summed E-state index contributed by atoms with van der Waals surface area (Å²) in [5.74, 6) is -0.0466. The van der Waals surface area contributed by atoms with Gasteiger partial charge in [0, 0.05) is 24.1 Å². The Hall–Kier alpha value is -2.41. The Balaban J connectivity index is 1.63. The van der Waals surface area contributed by atoms with Crippen molar-refractivity contribution in [1.82, 2.24) is 19.3 Å². The van der Waals surface area contributed by atoms with Gasteiger partial charge in [-0.15, -0.1) is 0 Å². The molecule has 0 bridgehead atoms. The third-order valence-corrected chi connectivity index (χ3v) is 6.16. The molecule has 1 aliphatic rings. The Kier molecular flexibility index (Phi) is 3.76. The van der Waals surface area contributed by atoms with Crippen molar-refractivity contribution in [2.24, 2.45) is 0 Å². The number of hydrogen-bond donors (Lipinski definition) is 0. The minimum atomic E-state index is -3.49. The maximum absolute atomic E-state index is 12.9. The Labute approximate surface area is 147 Å². The summed E-state index contributed by atoms with van der Waals surface area (Å²) in [6.45, 7) is 3.81. The van der Waals surface area contributed by atoms with Crippen LogP contribution in [0.3, 0.4) is 0 Å². The van der Waals surface area contributed by atoms with Crippen LogP contribution >= 0.6 is 0 Å². The van der Waals surface area contributed by atoms with E-state index in [-0.39, 0.29) is 17.0 Å². The second-order valence-corrected chi connectivity index (χ2v) is 8.43. The zero-order valence-electron chi connectivity index (χ0n) is 14.3. The number of rotatable bonds is 5. The number of benzene rings is 1. The smallest absolute Gasteiger partial charge is 0.228 e. The zero-order chi connectivity index (χ0) is 17.6. The van der Waals surface area contributed by atoms with Crippen LogP contribution in [0.25, 0.3) is 5.69 Å². The van der Waals surface area contributed by atoms with E-state index in [1.54, 1.807) is 10.9 Å². The fourth-order valence-electron chi connectivity index (χ4n) is 3.03. The molecule has 25 heavy (non-hydrogen) atoms. The molecule has 1 saturated carbocycles. The number of aromatic nitrogens is 4. The number of nitrogens with zero attached hydrogens (tertiary/aromatic N) is 4. The second-order valence-electron chi connectivity index (χ2n) is 6.54. The van der Waals surface area contributed by atoms with Crippen molar-refractivity contribution in [1.29, 1.82) is 0 Å². The van der Waals surface area contributed by atoms with Crippen LogP contribution < -0.4 is 0 Å².